The number of halogens is 1. The summed E-state index contributed by atoms with van der Waals surface area (Å²) < 4.78 is 5.67. The maximum absolute atomic E-state index is 12.0. The smallest absolute Gasteiger partial charge is 0.338 e. The molecule has 0 saturated heterocycles. The van der Waals surface area contributed by atoms with Crippen LogP contribution in [0.15, 0.2) is 51.8 Å². The van der Waals surface area contributed by atoms with Gasteiger partial charge in [0.2, 0.25) is 0 Å². The highest BCUT2D eigenvalue weighted by Gasteiger charge is 2.13. The molecule has 0 heterocycles. The third-order valence-electron chi connectivity index (χ3n) is 3.08. The summed E-state index contributed by atoms with van der Waals surface area (Å²) in [5, 5.41) is 13.3. The molecular formula is C17H13BrN2O3S. The van der Waals surface area contributed by atoms with Crippen molar-refractivity contribution in [3.8, 4) is 5.40 Å². The van der Waals surface area contributed by atoms with Crippen molar-refractivity contribution in [1.29, 1.82) is 5.26 Å². The Labute approximate surface area is 152 Å². The van der Waals surface area contributed by atoms with Crippen LogP contribution in [0.25, 0.3) is 0 Å². The van der Waals surface area contributed by atoms with Gasteiger partial charge in [-0.1, -0.05) is 18.2 Å². The van der Waals surface area contributed by atoms with Gasteiger partial charge in [0.25, 0.3) is 5.91 Å². The van der Waals surface area contributed by atoms with Crippen LogP contribution in [-0.4, -0.2) is 18.5 Å². The molecule has 2 aromatic rings. The number of aryl methyl sites for hydroxylation is 1. The number of thioether (sulfide) groups is 1. The molecule has 0 aromatic heterocycles. The van der Waals surface area contributed by atoms with Gasteiger partial charge in [0, 0.05) is 9.37 Å². The number of carbonyl (C=O) groups is 2. The molecule has 0 aliphatic rings. The molecule has 2 rings (SSSR count). The van der Waals surface area contributed by atoms with E-state index in [1.807, 2.05) is 11.5 Å². The van der Waals surface area contributed by atoms with Crippen LogP contribution in [0.1, 0.15) is 15.9 Å². The molecule has 0 aliphatic carbocycles. The van der Waals surface area contributed by atoms with Crippen molar-refractivity contribution < 1.29 is 14.3 Å². The highest BCUT2D eigenvalue weighted by atomic mass is 79.9. The number of carbonyl (C=O) groups excluding carboxylic acids is 2. The summed E-state index contributed by atoms with van der Waals surface area (Å²) in [5.74, 6) is -0.985. The minimum absolute atomic E-state index is 0.381. The van der Waals surface area contributed by atoms with Crippen LogP contribution in [0.2, 0.25) is 0 Å². The molecular weight excluding hydrogens is 392 g/mol. The Hall–Kier alpha value is -2.30. The number of hydrogen-bond acceptors (Lipinski definition) is 5. The van der Waals surface area contributed by atoms with Crippen molar-refractivity contribution >= 4 is 45.3 Å². The third-order valence-corrected chi connectivity index (χ3v) is 4.31. The van der Waals surface area contributed by atoms with Crippen LogP contribution in [0.3, 0.4) is 0 Å². The van der Waals surface area contributed by atoms with E-state index in [0.29, 0.717) is 15.7 Å². The number of benzene rings is 2. The first-order valence-electron chi connectivity index (χ1n) is 6.89. The van der Waals surface area contributed by atoms with Gasteiger partial charge >= 0.3 is 5.97 Å². The minimum Gasteiger partial charge on any atom is -0.452 e. The van der Waals surface area contributed by atoms with Gasteiger partial charge in [-0.2, -0.15) is 5.26 Å². The Balaban J connectivity index is 1.93. The van der Waals surface area contributed by atoms with Crippen LogP contribution in [-0.2, 0) is 9.53 Å². The molecule has 0 fully saturated rings. The standard InChI is InChI=1S/C17H13BrN2O3S/c1-11-4-2-3-5-13(11)17(22)23-9-16(21)20-15-7-6-12(24-10-19)8-14(15)18/h2-8H,9H2,1H3,(H,20,21). The zero-order valence-electron chi connectivity index (χ0n) is 12.7. The lowest BCUT2D eigenvalue weighted by Crippen LogP contribution is -2.21. The largest absolute Gasteiger partial charge is 0.452 e. The summed E-state index contributed by atoms with van der Waals surface area (Å²) in [6.45, 7) is 1.42. The van der Waals surface area contributed by atoms with E-state index >= 15 is 0 Å². The number of hydrogen-bond donors (Lipinski definition) is 1. The fraction of sp³-hybridized carbons (Fsp3) is 0.118. The van der Waals surface area contributed by atoms with E-state index in [4.69, 9.17) is 10.00 Å². The average Bonchev–Trinajstić information content (AvgIpc) is 2.56. The molecule has 5 nitrogen and oxygen atoms in total. The number of nitrogens with zero attached hydrogens (tertiary/aromatic N) is 1. The van der Waals surface area contributed by atoms with Gasteiger partial charge in [-0.15, -0.1) is 0 Å². The Kier molecular flexibility index (Phi) is 6.41. The summed E-state index contributed by atoms with van der Waals surface area (Å²) in [6.07, 6.45) is 0. The van der Waals surface area contributed by atoms with E-state index in [1.165, 1.54) is 0 Å². The topological polar surface area (TPSA) is 79.2 Å². The second-order valence-corrected chi connectivity index (χ2v) is 6.49. The van der Waals surface area contributed by atoms with Crippen molar-refractivity contribution in [2.45, 2.75) is 11.8 Å². The minimum atomic E-state index is -0.539. The van der Waals surface area contributed by atoms with Gasteiger partial charge < -0.3 is 10.1 Å². The Bertz CT molecular complexity index is 818. The SMILES string of the molecule is Cc1ccccc1C(=O)OCC(=O)Nc1ccc(SC#N)cc1Br. The van der Waals surface area contributed by atoms with E-state index in [-0.39, 0.29) is 6.61 Å². The van der Waals surface area contributed by atoms with Gasteiger partial charge in [-0.25, -0.2) is 4.79 Å². The molecule has 1 amide bonds. The molecule has 0 saturated carbocycles. The molecule has 24 heavy (non-hydrogen) atoms. The van der Waals surface area contributed by atoms with Gasteiger partial charge in [0.05, 0.1) is 11.3 Å². The second-order valence-electron chi connectivity index (χ2n) is 4.77. The van der Waals surface area contributed by atoms with Crippen LogP contribution in [0.4, 0.5) is 5.69 Å². The lowest BCUT2D eigenvalue weighted by atomic mass is 10.1. The normalized spacial score (nSPS) is 9.88. The molecule has 0 atom stereocenters. The van der Waals surface area contributed by atoms with E-state index in [2.05, 4.69) is 21.2 Å². The van der Waals surface area contributed by atoms with E-state index < -0.39 is 11.9 Å². The zero-order chi connectivity index (χ0) is 17.5. The lowest BCUT2D eigenvalue weighted by Gasteiger charge is -2.09. The Morgan fingerprint density at radius 1 is 1.29 bits per heavy atom. The van der Waals surface area contributed by atoms with Crippen molar-refractivity contribution in [3.05, 3.63) is 58.1 Å². The number of thiocyanates is 1. The second kappa shape index (κ2) is 8.52. The zero-order valence-corrected chi connectivity index (χ0v) is 15.1. The van der Waals surface area contributed by atoms with Crippen molar-refractivity contribution in [1.82, 2.24) is 0 Å². The summed E-state index contributed by atoms with van der Waals surface area (Å²) in [5.41, 5.74) is 1.76. The fourth-order valence-electron chi connectivity index (χ4n) is 1.91. The molecule has 7 heteroatoms. The first kappa shape index (κ1) is 18.0. The van der Waals surface area contributed by atoms with Crippen LogP contribution in [0.5, 0.6) is 0 Å². The molecule has 122 valence electrons. The van der Waals surface area contributed by atoms with Gasteiger partial charge in [0.1, 0.15) is 5.40 Å². The monoisotopic (exact) mass is 404 g/mol. The Morgan fingerprint density at radius 2 is 2.04 bits per heavy atom. The van der Waals surface area contributed by atoms with Crippen LogP contribution >= 0.6 is 27.7 Å². The first-order valence-corrected chi connectivity index (χ1v) is 8.50. The average molecular weight is 405 g/mol. The number of anilines is 1. The molecule has 0 unspecified atom stereocenters. The number of nitrogens with one attached hydrogen (secondary N) is 1. The van der Waals surface area contributed by atoms with Crippen molar-refractivity contribution in [2.75, 3.05) is 11.9 Å². The van der Waals surface area contributed by atoms with Gasteiger partial charge in [0.15, 0.2) is 6.61 Å². The molecule has 0 spiro atoms. The summed E-state index contributed by atoms with van der Waals surface area (Å²) in [4.78, 5) is 24.6. The van der Waals surface area contributed by atoms with Gasteiger partial charge in [-0.05, 0) is 64.4 Å². The summed E-state index contributed by atoms with van der Waals surface area (Å²) in [7, 11) is 0. The molecule has 1 N–H and O–H groups in total. The van der Waals surface area contributed by atoms with E-state index in [0.717, 1.165) is 22.2 Å². The maximum Gasteiger partial charge on any atom is 0.338 e. The molecule has 2 aromatic carbocycles. The Morgan fingerprint density at radius 3 is 2.71 bits per heavy atom. The van der Waals surface area contributed by atoms with E-state index in [9.17, 15) is 9.59 Å². The third kappa shape index (κ3) is 4.85. The fourth-order valence-corrected chi connectivity index (χ4v) is 2.96. The number of ether oxygens (including phenoxy) is 1. The first-order chi connectivity index (χ1) is 11.5. The lowest BCUT2D eigenvalue weighted by molar-refractivity contribution is -0.119. The molecule has 0 radical (unpaired) electrons. The summed E-state index contributed by atoms with van der Waals surface area (Å²) in [6, 6.07) is 12.1. The number of rotatable bonds is 5. The number of esters is 1. The van der Waals surface area contributed by atoms with Crippen LogP contribution < -0.4 is 5.32 Å². The maximum atomic E-state index is 12.0. The summed E-state index contributed by atoms with van der Waals surface area (Å²) >= 11 is 4.35. The highest BCUT2D eigenvalue weighted by Crippen LogP contribution is 2.28. The number of nitriles is 1. The molecule has 0 bridgehead atoms. The quantitative estimate of drug-likeness (QED) is 0.460. The molecule has 0 aliphatic heterocycles. The van der Waals surface area contributed by atoms with Gasteiger partial charge in [-0.3, -0.25) is 4.79 Å². The number of amides is 1. The van der Waals surface area contributed by atoms with E-state index in [1.54, 1.807) is 43.3 Å². The van der Waals surface area contributed by atoms with Crippen LogP contribution in [0, 0.1) is 17.6 Å². The van der Waals surface area contributed by atoms with Crippen molar-refractivity contribution in [3.63, 3.8) is 0 Å². The predicted molar refractivity (Wildman–Crippen MR) is 95.7 cm³/mol. The predicted octanol–water partition coefficient (Wildman–Crippen LogP) is 4.13. The highest BCUT2D eigenvalue weighted by molar-refractivity contribution is 9.10. The van der Waals surface area contributed by atoms with Crippen molar-refractivity contribution in [2.24, 2.45) is 0 Å².